The van der Waals surface area contributed by atoms with Gasteiger partial charge in [-0.2, -0.15) is 0 Å². The predicted molar refractivity (Wildman–Crippen MR) is 91.6 cm³/mol. The zero-order valence-electron chi connectivity index (χ0n) is 13.5. The van der Waals surface area contributed by atoms with E-state index >= 15 is 0 Å². The fraction of sp³-hybridized carbons (Fsp3) is 0.211. The number of aromatic nitrogens is 1. The van der Waals surface area contributed by atoms with Crippen LogP contribution in [0.2, 0.25) is 0 Å². The molecule has 1 aliphatic rings. The van der Waals surface area contributed by atoms with Gasteiger partial charge in [-0.3, -0.25) is 9.88 Å². The van der Waals surface area contributed by atoms with E-state index < -0.39 is 18.1 Å². The number of carboxylic acids is 1. The highest BCUT2D eigenvalue weighted by molar-refractivity contribution is 5.82. The Balaban J connectivity index is 1.69. The van der Waals surface area contributed by atoms with Crippen LogP contribution in [0, 0.1) is 0 Å². The molecule has 1 amide bonds. The zero-order valence-corrected chi connectivity index (χ0v) is 13.5. The van der Waals surface area contributed by atoms with Crippen molar-refractivity contribution in [3.05, 3.63) is 71.6 Å². The molecular formula is C19H18N2O4. The minimum absolute atomic E-state index is 0.117. The highest BCUT2D eigenvalue weighted by atomic mass is 16.6. The van der Waals surface area contributed by atoms with Gasteiger partial charge in [-0.25, -0.2) is 9.59 Å². The van der Waals surface area contributed by atoms with Crippen LogP contribution >= 0.6 is 0 Å². The standard InChI is InChI=1S/C19H18N2O4/c22-18(23)17-11-16(10-14-6-8-20-9-7-14)12-21(17)19(24)25-13-15-4-2-1-3-5-15/h1-10,17H,11-13H2,(H,22,23)/b16-10-/t17-/m0/s1. The Morgan fingerprint density at radius 1 is 1.20 bits per heavy atom. The summed E-state index contributed by atoms with van der Waals surface area (Å²) in [6.07, 6.45) is 4.90. The van der Waals surface area contributed by atoms with Crippen molar-refractivity contribution in [2.24, 2.45) is 0 Å². The molecule has 0 bridgehead atoms. The van der Waals surface area contributed by atoms with Crippen molar-refractivity contribution in [1.29, 1.82) is 0 Å². The first kappa shape index (κ1) is 16.7. The zero-order chi connectivity index (χ0) is 17.6. The number of likely N-dealkylation sites (tertiary alicyclic amines) is 1. The number of carbonyl (C=O) groups excluding carboxylic acids is 1. The van der Waals surface area contributed by atoms with E-state index in [9.17, 15) is 14.7 Å². The lowest BCUT2D eigenvalue weighted by Gasteiger charge is -2.20. The van der Waals surface area contributed by atoms with Gasteiger partial charge >= 0.3 is 12.1 Å². The summed E-state index contributed by atoms with van der Waals surface area (Å²) in [5.74, 6) is -1.03. The molecule has 6 nitrogen and oxygen atoms in total. The molecule has 2 heterocycles. The summed E-state index contributed by atoms with van der Waals surface area (Å²) in [6, 6.07) is 12.0. The lowest BCUT2D eigenvalue weighted by atomic mass is 10.1. The van der Waals surface area contributed by atoms with Crippen LogP contribution in [0.3, 0.4) is 0 Å². The molecule has 2 aromatic rings. The summed E-state index contributed by atoms with van der Waals surface area (Å²) in [5, 5.41) is 9.42. The first-order chi connectivity index (χ1) is 12.1. The molecule has 1 N–H and O–H groups in total. The fourth-order valence-electron chi connectivity index (χ4n) is 2.77. The molecule has 6 heteroatoms. The normalized spacial score (nSPS) is 18.3. The minimum Gasteiger partial charge on any atom is -0.480 e. The number of amides is 1. The van der Waals surface area contributed by atoms with E-state index in [-0.39, 0.29) is 19.6 Å². The molecule has 0 saturated carbocycles. The third-order valence-electron chi connectivity index (χ3n) is 4.01. The van der Waals surface area contributed by atoms with Gasteiger partial charge in [0, 0.05) is 25.4 Å². The Bertz CT molecular complexity index is 775. The molecule has 1 fully saturated rings. The van der Waals surface area contributed by atoms with Crippen LogP contribution in [0.5, 0.6) is 0 Å². The maximum atomic E-state index is 12.3. The van der Waals surface area contributed by atoms with Crippen LogP contribution in [0.15, 0.2) is 60.4 Å². The highest BCUT2D eigenvalue weighted by Crippen LogP contribution is 2.26. The number of hydrogen-bond donors (Lipinski definition) is 1. The summed E-state index contributed by atoms with van der Waals surface area (Å²) in [6.45, 7) is 0.360. The summed E-state index contributed by atoms with van der Waals surface area (Å²) in [7, 11) is 0. The maximum absolute atomic E-state index is 12.3. The second-order valence-corrected chi connectivity index (χ2v) is 5.81. The Morgan fingerprint density at radius 2 is 1.92 bits per heavy atom. The van der Waals surface area contributed by atoms with E-state index in [0.29, 0.717) is 0 Å². The van der Waals surface area contributed by atoms with Crippen LogP contribution < -0.4 is 0 Å². The second-order valence-electron chi connectivity index (χ2n) is 5.81. The number of aliphatic carboxylic acids is 1. The second kappa shape index (κ2) is 7.61. The van der Waals surface area contributed by atoms with Crippen LogP contribution in [0.4, 0.5) is 4.79 Å². The van der Waals surface area contributed by atoms with Crippen LogP contribution in [0.1, 0.15) is 17.5 Å². The van der Waals surface area contributed by atoms with Gasteiger partial charge in [0.25, 0.3) is 0 Å². The molecular weight excluding hydrogens is 320 g/mol. The van der Waals surface area contributed by atoms with Gasteiger partial charge in [-0.05, 0) is 28.8 Å². The van der Waals surface area contributed by atoms with Gasteiger partial charge in [0.2, 0.25) is 0 Å². The largest absolute Gasteiger partial charge is 0.480 e. The lowest BCUT2D eigenvalue weighted by Crippen LogP contribution is -2.40. The average molecular weight is 338 g/mol. The van der Waals surface area contributed by atoms with E-state index in [2.05, 4.69) is 4.98 Å². The first-order valence-corrected chi connectivity index (χ1v) is 7.93. The number of rotatable bonds is 4. The molecule has 1 atom stereocenters. The smallest absolute Gasteiger partial charge is 0.411 e. The summed E-state index contributed by atoms with van der Waals surface area (Å²) < 4.78 is 5.28. The van der Waals surface area contributed by atoms with Crippen LogP contribution in [-0.2, 0) is 16.1 Å². The molecule has 1 aromatic heterocycles. The van der Waals surface area contributed by atoms with Gasteiger partial charge < -0.3 is 9.84 Å². The minimum atomic E-state index is -1.03. The maximum Gasteiger partial charge on any atom is 0.411 e. The average Bonchev–Trinajstić information content (AvgIpc) is 3.06. The summed E-state index contributed by atoms with van der Waals surface area (Å²) in [5.41, 5.74) is 2.65. The van der Waals surface area contributed by atoms with Crippen molar-refractivity contribution in [3.8, 4) is 0 Å². The number of benzene rings is 1. The highest BCUT2D eigenvalue weighted by Gasteiger charge is 2.37. The third-order valence-corrected chi connectivity index (χ3v) is 4.01. The number of nitrogens with zero attached hydrogens (tertiary/aromatic N) is 2. The lowest BCUT2D eigenvalue weighted by molar-refractivity contribution is -0.141. The van der Waals surface area contributed by atoms with Gasteiger partial charge in [0.15, 0.2) is 0 Å². The van der Waals surface area contributed by atoms with E-state index in [1.54, 1.807) is 12.4 Å². The van der Waals surface area contributed by atoms with Crippen LogP contribution in [-0.4, -0.2) is 39.6 Å². The molecule has 25 heavy (non-hydrogen) atoms. The number of carboxylic acid groups (broad SMARTS) is 1. The van der Waals surface area contributed by atoms with E-state index in [1.807, 2.05) is 48.5 Å². The van der Waals surface area contributed by atoms with E-state index in [0.717, 1.165) is 16.7 Å². The Kier molecular flexibility index (Phi) is 5.09. The van der Waals surface area contributed by atoms with Crippen molar-refractivity contribution in [2.45, 2.75) is 19.1 Å². The topological polar surface area (TPSA) is 79.7 Å². The Labute approximate surface area is 145 Å². The number of ether oxygens (including phenoxy) is 1. The third kappa shape index (κ3) is 4.23. The van der Waals surface area contributed by atoms with Crippen molar-refractivity contribution in [1.82, 2.24) is 9.88 Å². The Morgan fingerprint density at radius 3 is 2.60 bits per heavy atom. The van der Waals surface area contributed by atoms with Gasteiger partial charge in [-0.1, -0.05) is 36.4 Å². The molecule has 0 radical (unpaired) electrons. The van der Waals surface area contributed by atoms with Crippen LogP contribution in [0.25, 0.3) is 6.08 Å². The molecule has 1 aromatic carbocycles. The van der Waals surface area contributed by atoms with Crippen molar-refractivity contribution < 1.29 is 19.4 Å². The van der Waals surface area contributed by atoms with Crippen molar-refractivity contribution in [3.63, 3.8) is 0 Å². The monoisotopic (exact) mass is 338 g/mol. The van der Waals surface area contributed by atoms with Gasteiger partial charge in [0.05, 0.1) is 0 Å². The SMILES string of the molecule is O=C(O)[C@@H]1C/C(=C/c2ccncc2)CN1C(=O)OCc1ccccc1. The Hall–Kier alpha value is -3.15. The van der Waals surface area contributed by atoms with Crippen molar-refractivity contribution >= 4 is 18.1 Å². The summed E-state index contributed by atoms with van der Waals surface area (Å²) >= 11 is 0. The predicted octanol–water partition coefficient (Wildman–Crippen LogP) is 2.96. The van der Waals surface area contributed by atoms with Crippen molar-refractivity contribution in [2.75, 3.05) is 6.54 Å². The summed E-state index contributed by atoms with van der Waals surface area (Å²) in [4.78, 5) is 29.1. The molecule has 0 aliphatic carbocycles. The fourth-order valence-corrected chi connectivity index (χ4v) is 2.77. The quantitative estimate of drug-likeness (QED) is 0.927. The van der Waals surface area contributed by atoms with E-state index in [4.69, 9.17) is 4.74 Å². The molecule has 3 rings (SSSR count). The number of hydrogen-bond acceptors (Lipinski definition) is 4. The molecule has 1 aliphatic heterocycles. The number of pyridine rings is 1. The molecule has 128 valence electrons. The number of carbonyl (C=O) groups is 2. The first-order valence-electron chi connectivity index (χ1n) is 7.93. The van der Waals surface area contributed by atoms with Gasteiger partial charge in [0.1, 0.15) is 12.6 Å². The molecule has 0 unspecified atom stereocenters. The van der Waals surface area contributed by atoms with E-state index in [1.165, 1.54) is 4.90 Å². The molecule has 1 saturated heterocycles. The molecule has 0 spiro atoms. The van der Waals surface area contributed by atoms with Gasteiger partial charge in [-0.15, -0.1) is 0 Å².